The third kappa shape index (κ3) is 22.6. The van der Waals surface area contributed by atoms with Gasteiger partial charge in [-0.2, -0.15) is 0 Å². The smallest absolute Gasteiger partial charge is 0.267 e. The van der Waals surface area contributed by atoms with E-state index < -0.39 is 23.6 Å². The second kappa shape index (κ2) is 33.6. The summed E-state index contributed by atoms with van der Waals surface area (Å²) in [5, 5.41) is 17.8. The minimum Gasteiger partial charge on any atom is -0.381 e. The number of amides is 4. The number of halogens is 6. The fourth-order valence-corrected chi connectivity index (χ4v) is 4.72. The number of aromatic nitrogens is 2. The molecule has 4 N–H and O–H groups in total. The molecule has 0 unspecified atom stereocenters. The van der Waals surface area contributed by atoms with E-state index in [-0.39, 0.29) is 24.5 Å². The van der Waals surface area contributed by atoms with Crippen molar-refractivity contribution in [2.75, 3.05) is 26.3 Å². The Morgan fingerprint density at radius 3 is 1.30 bits per heavy atom. The quantitative estimate of drug-likeness (QED) is 0.0167. The summed E-state index contributed by atoms with van der Waals surface area (Å²) in [5.74, 6) is -2.05. The number of nitrogens with one attached hydrogen (secondary N) is 4. The van der Waals surface area contributed by atoms with Gasteiger partial charge in [0.25, 0.3) is 11.8 Å². The van der Waals surface area contributed by atoms with Crippen molar-refractivity contribution in [3.8, 4) is 0 Å². The van der Waals surface area contributed by atoms with Gasteiger partial charge in [-0.05, 0) is 82.6 Å². The van der Waals surface area contributed by atoms with Gasteiger partial charge >= 0.3 is 0 Å². The Hall–Kier alpha value is -8.26. The van der Waals surface area contributed by atoms with Gasteiger partial charge in [-0.3, -0.25) is 29.1 Å². The standard InChI is InChI=1S/C40H38N12O5.3F2/c41-51-49-33-13-7-29(8-14-33)11-17-37(53)47-35(25-31-5-1-19-43-27-31)39(55)45-21-3-23-57-24-4-22-46-40(56)36(26-32-6-2-20-44-28-32)48-38(54)18-12-30-9-15-34(16-10-30)50-52-42;3*1-2/h1-2,5-20,25-28H,3-4,21-24H2,(H,45,55)(H,46,56)(H,47,53)(H,48,54);;;/b17-11+,18-12+,35-25-,36-26-;;;. The molecule has 0 fully saturated rings. The summed E-state index contributed by atoms with van der Waals surface area (Å²) >= 11 is 0. The van der Waals surface area contributed by atoms with Crippen molar-refractivity contribution < 1.29 is 51.4 Å². The number of azide groups is 2. The normalized spacial score (nSPS) is 10.5. The van der Waals surface area contributed by atoms with Crippen molar-refractivity contribution >= 4 is 59.3 Å². The zero-order chi connectivity index (χ0) is 46.5. The number of carbonyl (C=O) groups excluding carboxylic acids is 4. The van der Waals surface area contributed by atoms with Gasteiger partial charge in [0, 0.05) is 112 Å². The van der Waals surface area contributed by atoms with Crippen LogP contribution in [0.15, 0.2) is 131 Å². The topological polar surface area (TPSA) is 249 Å². The Bertz CT molecular complexity index is 2060. The number of carbonyl (C=O) groups is 4. The van der Waals surface area contributed by atoms with Crippen molar-refractivity contribution in [3.63, 3.8) is 0 Å². The molecule has 0 radical (unpaired) electrons. The van der Waals surface area contributed by atoms with E-state index in [0.29, 0.717) is 59.7 Å². The lowest BCUT2D eigenvalue weighted by atomic mass is 10.2. The number of benzene rings is 2. The van der Waals surface area contributed by atoms with E-state index in [9.17, 15) is 19.2 Å². The van der Waals surface area contributed by atoms with Crippen LogP contribution < -0.4 is 21.3 Å². The SMILES string of the molecule is FF.FF.FF.[N-]=[N+]=Nc1ccc(/C=C/C(=O)N/C(=C\c2cccnc2)C(=O)NCCCOCCCNC(=O)/C(=C/c2cccnc2)NC(=O)/C=C/c2ccc(N=[N+]=[N-])cc2)cc1. The Kier molecular flexibility index (Phi) is 28.1. The van der Waals surface area contributed by atoms with Gasteiger partial charge < -0.3 is 26.0 Å². The molecule has 0 aliphatic carbocycles. The molecule has 0 saturated heterocycles. The van der Waals surface area contributed by atoms with E-state index in [1.54, 1.807) is 110 Å². The lowest BCUT2D eigenvalue weighted by Gasteiger charge is -2.11. The highest BCUT2D eigenvalue weighted by atomic mass is 20.0. The maximum absolute atomic E-state index is 13.1. The second-order valence-electron chi connectivity index (χ2n) is 11.7. The van der Waals surface area contributed by atoms with Crippen molar-refractivity contribution in [2.45, 2.75) is 12.8 Å². The van der Waals surface area contributed by atoms with Crippen molar-refractivity contribution in [2.24, 2.45) is 10.2 Å². The van der Waals surface area contributed by atoms with E-state index in [1.807, 2.05) is 0 Å². The minimum absolute atomic E-state index is 0.0235. The van der Waals surface area contributed by atoms with E-state index >= 15 is 0 Å². The molecule has 0 atom stereocenters. The zero-order valence-electron chi connectivity index (χ0n) is 32.8. The van der Waals surface area contributed by atoms with E-state index in [4.69, 9.17) is 43.2 Å². The Balaban J connectivity index is 0.00000317. The minimum atomic E-state index is -0.527. The molecule has 2 heterocycles. The average molecular weight is 881 g/mol. The Morgan fingerprint density at radius 1 is 0.587 bits per heavy atom. The van der Waals surface area contributed by atoms with E-state index in [0.717, 1.165) is 0 Å². The lowest BCUT2D eigenvalue weighted by molar-refractivity contribution is -0.121. The molecular weight excluding hydrogens is 843 g/mol. The number of hydrogen-bond acceptors (Lipinski definition) is 9. The van der Waals surface area contributed by atoms with Crippen LogP contribution in [-0.4, -0.2) is 59.9 Å². The third-order valence-electron chi connectivity index (χ3n) is 7.46. The maximum atomic E-state index is 13.1. The van der Waals surface area contributed by atoms with Gasteiger partial charge in [-0.15, -0.1) is 0 Å². The first-order valence-corrected chi connectivity index (χ1v) is 17.9. The van der Waals surface area contributed by atoms with Crippen LogP contribution in [0.3, 0.4) is 0 Å². The molecule has 2 aromatic heterocycles. The molecule has 63 heavy (non-hydrogen) atoms. The van der Waals surface area contributed by atoms with Gasteiger partial charge in [0.05, 0.1) is 0 Å². The summed E-state index contributed by atoms with van der Waals surface area (Å²) in [7, 11) is 0. The van der Waals surface area contributed by atoms with Gasteiger partial charge in [-0.25, -0.2) is 0 Å². The molecule has 4 rings (SSSR count). The first kappa shape index (κ1) is 52.8. The molecule has 4 amide bonds. The second-order valence-corrected chi connectivity index (χ2v) is 11.7. The van der Waals surface area contributed by atoms with Crippen molar-refractivity contribution in [1.82, 2.24) is 31.2 Å². The number of ether oxygens (including phenoxy) is 1. The molecule has 330 valence electrons. The Labute approximate surface area is 355 Å². The molecule has 0 aliphatic heterocycles. The highest BCUT2D eigenvalue weighted by molar-refractivity contribution is 6.05. The van der Waals surface area contributed by atoms with Gasteiger partial charge in [0.15, 0.2) is 0 Å². The van der Waals surface area contributed by atoms with Crippen LogP contribution in [0.1, 0.15) is 35.1 Å². The van der Waals surface area contributed by atoms with Crippen molar-refractivity contribution in [3.05, 3.63) is 164 Å². The first-order valence-electron chi connectivity index (χ1n) is 17.9. The van der Waals surface area contributed by atoms with Gasteiger partial charge in [0.2, 0.25) is 11.8 Å². The van der Waals surface area contributed by atoms with Crippen LogP contribution in [0.5, 0.6) is 0 Å². The lowest BCUT2D eigenvalue weighted by Crippen LogP contribution is -2.35. The predicted octanol–water partition coefficient (Wildman–Crippen LogP) is 8.95. The van der Waals surface area contributed by atoms with Crippen LogP contribution in [0.25, 0.3) is 45.2 Å². The molecule has 0 bridgehead atoms. The number of nitrogens with zero attached hydrogens (tertiary/aromatic N) is 8. The molecule has 0 aliphatic rings. The van der Waals surface area contributed by atoms with E-state index in [2.05, 4.69) is 51.3 Å². The highest BCUT2D eigenvalue weighted by Gasteiger charge is 2.13. The summed E-state index contributed by atoms with van der Waals surface area (Å²) in [4.78, 5) is 65.1. The van der Waals surface area contributed by atoms with Crippen LogP contribution in [0.2, 0.25) is 0 Å². The summed E-state index contributed by atoms with van der Waals surface area (Å²) in [6.07, 6.45) is 16.0. The molecular formula is C40H38F6N12O5. The summed E-state index contributed by atoms with van der Waals surface area (Å²) in [5.41, 5.74) is 20.7. The number of rotatable bonds is 20. The third-order valence-corrected chi connectivity index (χ3v) is 7.46. The van der Waals surface area contributed by atoms with Crippen LogP contribution in [0.4, 0.5) is 38.8 Å². The van der Waals surface area contributed by atoms with Gasteiger partial charge in [-0.1, -0.05) is 70.9 Å². The zero-order valence-corrected chi connectivity index (χ0v) is 32.8. The molecule has 4 aromatic rings. The summed E-state index contributed by atoms with van der Waals surface area (Å²) in [6.45, 7) is 1.18. The molecule has 23 heteroatoms. The molecule has 0 saturated carbocycles. The fourth-order valence-electron chi connectivity index (χ4n) is 4.72. The molecule has 0 spiro atoms. The highest BCUT2D eigenvalue weighted by Crippen LogP contribution is 2.15. The summed E-state index contributed by atoms with van der Waals surface area (Å²) < 4.78 is 53.7. The van der Waals surface area contributed by atoms with Crippen LogP contribution in [0, 0.1) is 0 Å². The van der Waals surface area contributed by atoms with Gasteiger partial charge in [0.1, 0.15) is 11.4 Å². The van der Waals surface area contributed by atoms with Crippen LogP contribution in [-0.2, 0) is 23.9 Å². The summed E-state index contributed by atoms with van der Waals surface area (Å²) in [6, 6.07) is 20.1. The van der Waals surface area contributed by atoms with E-state index in [1.165, 1.54) is 24.3 Å². The first-order chi connectivity index (χ1) is 30.8. The molecule has 2 aromatic carbocycles. The Morgan fingerprint density at radius 2 is 0.968 bits per heavy atom. The molecule has 17 nitrogen and oxygen atoms in total. The largest absolute Gasteiger partial charge is 0.381 e. The van der Waals surface area contributed by atoms with Crippen LogP contribution >= 0.6 is 0 Å². The van der Waals surface area contributed by atoms with Crippen molar-refractivity contribution in [1.29, 1.82) is 0 Å². The monoisotopic (exact) mass is 880 g/mol. The maximum Gasteiger partial charge on any atom is 0.267 e. The number of hydrogen-bond donors (Lipinski definition) is 4. The number of pyridine rings is 2. The fraction of sp³-hybridized carbons (Fsp3) is 0.150. The predicted molar refractivity (Wildman–Crippen MR) is 222 cm³/mol. The average Bonchev–Trinajstić information content (AvgIpc) is 3.32.